The number of nitrogens with zero attached hydrogens (tertiary/aromatic N) is 1. The van der Waals surface area contributed by atoms with Gasteiger partial charge in [0.1, 0.15) is 6.07 Å². The van der Waals surface area contributed by atoms with Gasteiger partial charge in [-0.15, -0.1) is 0 Å². The van der Waals surface area contributed by atoms with E-state index in [0.717, 1.165) is 6.07 Å². The number of hydrogen-bond donors (Lipinski definition) is 1. The summed E-state index contributed by atoms with van der Waals surface area (Å²) in [4.78, 5) is 0. The third-order valence-electron chi connectivity index (χ3n) is 1.58. The lowest BCUT2D eigenvalue weighted by Crippen LogP contribution is -2.26. The van der Waals surface area contributed by atoms with Crippen LogP contribution in [0.2, 0.25) is 0 Å². The van der Waals surface area contributed by atoms with E-state index < -0.39 is 12.0 Å². The van der Waals surface area contributed by atoms with Crippen LogP contribution in [0, 0.1) is 11.3 Å². The van der Waals surface area contributed by atoms with Crippen LogP contribution in [0.25, 0.3) is 0 Å². The maximum absolute atomic E-state index is 13.1. The first-order valence-corrected chi connectivity index (χ1v) is 3.59. The Morgan fingerprint density at radius 2 is 1.92 bits per heavy atom. The molecule has 1 rings (SSSR count). The smallest absolute Gasteiger partial charge is 0.330 e. The highest BCUT2D eigenvalue weighted by Crippen LogP contribution is 2.30. The van der Waals surface area contributed by atoms with Crippen LogP contribution in [-0.2, 0) is 0 Å². The minimum Gasteiger partial charge on any atom is -0.348 e. The fourth-order valence-electron chi connectivity index (χ4n) is 0.900. The average molecular weight is 183 g/mol. The summed E-state index contributed by atoms with van der Waals surface area (Å²) in [6.45, 7) is 0. The van der Waals surface area contributed by atoms with Gasteiger partial charge < -0.3 is 5.11 Å². The molecule has 0 aliphatic carbocycles. The second-order valence-corrected chi connectivity index (χ2v) is 2.56. The van der Waals surface area contributed by atoms with Crippen molar-refractivity contribution in [3.05, 3.63) is 35.9 Å². The molecular formula is C9H7F2NO. The summed E-state index contributed by atoms with van der Waals surface area (Å²) in [5, 5.41) is 16.8. The molecule has 0 aliphatic rings. The van der Waals surface area contributed by atoms with Gasteiger partial charge >= 0.3 is 5.85 Å². The molecule has 1 aromatic rings. The lowest BCUT2D eigenvalue weighted by molar-refractivity contribution is -0.0964. The predicted molar refractivity (Wildman–Crippen MR) is 42.0 cm³/mol. The molecule has 0 aromatic heterocycles. The second kappa shape index (κ2) is 3.50. The third-order valence-corrected chi connectivity index (χ3v) is 1.58. The molecule has 0 amide bonds. The Kier molecular flexibility index (Phi) is 2.59. The van der Waals surface area contributed by atoms with E-state index in [1.165, 1.54) is 24.3 Å². The number of halogens is 2. The summed E-state index contributed by atoms with van der Waals surface area (Å²) < 4.78 is 25.8. The van der Waals surface area contributed by atoms with Crippen LogP contribution in [-0.4, -0.2) is 11.0 Å². The first kappa shape index (κ1) is 9.62. The topological polar surface area (TPSA) is 44.0 Å². The van der Waals surface area contributed by atoms with Crippen molar-refractivity contribution in [3.8, 4) is 6.07 Å². The number of rotatable bonds is 2. The van der Waals surface area contributed by atoms with E-state index in [2.05, 4.69) is 0 Å². The zero-order valence-corrected chi connectivity index (χ0v) is 6.61. The lowest BCUT2D eigenvalue weighted by Gasteiger charge is -2.15. The van der Waals surface area contributed by atoms with Gasteiger partial charge in [-0.3, -0.25) is 0 Å². The number of benzene rings is 1. The van der Waals surface area contributed by atoms with Crippen molar-refractivity contribution in [1.29, 1.82) is 5.26 Å². The maximum Gasteiger partial charge on any atom is 0.330 e. The normalized spacial score (nSPS) is 17.1. The van der Waals surface area contributed by atoms with Crippen molar-refractivity contribution < 1.29 is 13.9 Å². The Morgan fingerprint density at radius 1 is 1.38 bits per heavy atom. The summed E-state index contributed by atoms with van der Waals surface area (Å²) >= 11 is 0. The first-order valence-electron chi connectivity index (χ1n) is 3.59. The summed E-state index contributed by atoms with van der Waals surface area (Å²) in [7, 11) is 0. The van der Waals surface area contributed by atoms with E-state index in [4.69, 9.17) is 10.4 Å². The van der Waals surface area contributed by atoms with Crippen molar-refractivity contribution in [3.63, 3.8) is 0 Å². The molecule has 2 unspecified atom stereocenters. The highest BCUT2D eigenvalue weighted by Gasteiger charge is 2.38. The van der Waals surface area contributed by atoms with Crippen LogP contribution < -0.4 is 0 Å². The zero-order chi connectivity index (χ0) is 9.90. The molecule has 13 heavy (non-hydrogen) atoms. The molecule has 68 valence electrons. The molecule has 1 N–H and O–H groups in total. The monoisotopic (exact) mass is 183 g/mol. The van der Waals surface area contributed by atoms with E-state index in [9.17, 15) is 8.78 Å². The Hall–Kier alpha value is -1.47. The highest BCUT2D eigenvalue weighted by atomic mass is 19.2. The highest BCUT2D eigenvalue weighted by molar-refractivity contribution is 5.21. The SMILES string of the molecule is N#CC(O)(F)C(F)c1ccccc1. The molecule has 0 saturated heterocycles. The molecule has 2 nitrogen and oxygen atoms in total. The van der Waals surface area contributed by atoms with Gasteiger partial charge in [0, 0.05) is 0 Å². The van der Waals surface area contributed by atoms with Crippen LogP contribution in [0.4, 0.5) is 8.78 Å². The Bertz CT molecular complexity index is 318. The van der Waals surface area contributed by atoms with Crippen molar-refractivity contribution in [2.75, 3.05) is 0 Å². The fraction of sp³-hybridized carbons (Fsp3) is 0.222. The Morgan fingerprint density at radius 3 is 2.38 bits per heavy atom. The molecule has 0 aliphatic heterocycles. The first-order chi connectivity index (χ1) is 6.08. The minimum atomic E-state index is -3.46. The second-order valence-electron chi connectivity index (χ2n) is 2.56. The molecule has 1 aromatic carbocycles. The summed E-state index contributed by atoms with van der Waals surface area (Å²) in [6, 6.07) is 8.07. The van der Waals surface area contributed by atoms with Gasteiger partial charge in [0.25, 0.3) is 0 Å². The minimum absolute atomic E-state index is 0.0611. The standard InChI is InChI=1S/C9H7F2NO/c10-8(9(11,13)6-12)7-4-2-1-3-5-7/h1-5,8,13H. The summed E-state index contributed by atoms with van der Waals surface area (Å²) in [6.07, 6.45) is -2.33. The van der Waals surface area contributed by atoms with Gasteiger partial charge in [0.15, 0.2) is 6.17 Å². The van der Waals surface area contributed by atoms with Crippen molar-refractivity contribution in [2.45, 2.75) is 12.0 Å². The van der Waals surface area contributed by atoms with Gasteiger partial charge in [-0.25, -0.2) is 4.39 Å². The zero-order valence-electron chi connectivity index (χ0n) is 6.61. The van der Waals surface area contributed by atoms with Gasteiger partial charge in [0.2, 0.25) is 0 Å². The lowest BCUT2D eigenvalue weighted by atomic mass is 10.1. The van der Waals surface area contributed by atoms with E-state index in [0.29, 0.717) is 0 Å². The van der Waals surface area contributed by atoms with Crippen LogP contribution in [0.1, 0.15) is 11.7 Å². The molecule has 0 spiro atoms. The van der Waals surface area contributed by atoms with E-state index >= 15 is 0 Å². The van der Waals surface area contributed by atoms with Gasteiger partial charge in [-0.1, -0.05) is 30.3 Å². The van der Waals surface area contributed by atoms with E-state index in [-0.39, 0.29) is 5.56 Å². The summed E-state index contributed by atoms with van der Waals surface area (Å²) in [5.41, 5.74) is -0.0611. The predicted octanol–water partition coefficient (Wildman–Crippen LogP) is 1.88. The average Bonchev–Trinajstić information content (AvgIpc) is 2.18. The maximum atomic E-state index is 13.1. The number of hydrogen-bond acceptors (Lipinski definition) is 2. The molecule has 0 fully saturated rings. The molecule has 0 bridgehead atoms. The van der Waals surface area contributed by atoms with Crippen LogP contribution >= 0.6 is 0 Å². The van der Waals surface area contributed by atoms with Gasteiger partial charge in [-0.05, 0) is 5.56 Å². The quantitative estimate of drug-likeness (QED) is 0.711. The third kappa shape index (κ3) is 2.01. The molecule has 2 atom stereocenters. The molecule has 4 heteroatoms. The van der Waals surface area contributed by atoms with Crippen molar-refractivity contribution >= 4 is 0 Å². The molecule has 0 radical (unpaired) electrons. The molecule has 0 saturated carbocycles. The van der Waals surface area contributed by atoms with Crippen LogP contribution in [0.15, 0.2) is 30.3 Å². The largest absolute Gasteiger partial charge is 0.348 e. The number of alkyl halides is 2. The van der Waals surface area contributed by atoms with Crippen LogP contribution in [0.5, 0.6) is 0 Å². The van der Waals surface area contributed by atoms with Gasteiger partial charge in [-0.2, -0.15) is 9.65 Å². The Labute approximate surface area is 74.0 Å². The summed E-state index contributed by atoms with van der Waals surface area (Å²) in [5.74, 6) is -3.46. The molecule has 0 heterocycles. The van der Waals surface area contributed by atoms with E-state index in [1.807, 2.05) is 0 Å². The van der Waals surface area contributed by atoms with E-state index in [1.54, 1.807) is 6.07 Å². The van der Waals surface area contributed by atoms with Crippen molar-refractivity contribution in [1.82, 2.24) is 0 Å². The fourth-order valence-corrected chi connectivity index (χ4v) is 0.900. The van der Waals surface area contributed by atoms with Crippen LogP contribution in [0.3, 0.4) is 0 Å². The number of nitriles is 1. The molecular weight excluding hydrogens is 176 g/mol. The van der Waals surface area contributed by atoms with Gasteiger partial charge in [0.05, 0.1) is 0 Å². The van der Waals surface area contributed by atoms with Crippen molar-refractivity contribution in [2.24, 2.45) is 0 Å². The Balaban J connectivity index is 2.94. The number of aliphatic hydroxyl groups is 1.